The molecule has 12 heavy (non-hydrogen) atoms. The smallest absolute Gasteiger partial charge is 0.228 e. The predicted molar refractivity (Wildman–Crippen MR) is 39.7 cm³/mol. The third-order valence-corrected chi connectivity index (χ3v) is 2.38. The summed E-state index contributed by atoms with van der Waals surface area (Å²) in [4.78, 5) is 22.3. The Balaban J connectivity index is 2.00. The van der Waals surface area contributed by atoms with Crippen molar-refractivity contribution < 1.29 is 9.72 Å². The molecule has 0 aromatic rings. The van der Waals surface area contributed by atoms with Gasteiger partial charge in [-0.1, -0.05) is 6.08 Å². The van der Waals surface area contributed by atoms with Crippen LogP contribution in [-0.2, 0) is 4.79 Å². The lowest BCUT2D eigenvalue weighted by Crippen LogP contribution is -2.50. The van der Waals surface area contributed by atoms with E-state index in [1.807, 2.05) is 0 Å². The average Bonchev–Trinajstić information content (AvgIpc) is 2.26. The molecular formula is C7H8N2O3. The molecular weight excluding hydrogens is 160 g/mol. The van der Waals surface area contributed by atoms with E-state index in [2.05, 4.69) is 0 Å². The Morgan fingerprint density at radius 3 is 3.00 bits per heavy atom. The highest BCUT2D eigenvalue weighted by molar-refractivity contribution is 5.85. The van der Waals surface area contributed by atoms with Gasteiger partial charge in [0.2, 0.25) is 12.5 Å². The van der Waals surface area contributed by atoms with Gasteiger partial charge in [0.15, 0.2) is 0 Å². The molecule has 0 spiro atoms. The van der Waals surface area contributed by atoms with Gasteiger partial charge >= 0.3 is 0 Å². The molecule has 5 heteroatoms. The van der Waals surface area contributed by atoms with E-state index < -0.39 is 0 Å². The first-order valence-electron chi connectivity index (χ1n) is 3.80. The van der Waals surface area contributed by atoms with Crippen LogP contribution in [0.1, 0.15) is 6.42 Å². The van der Waals surface area contributed by atoms with Gasteiger partial charge in [0.1, 0.15) is 0 Å². The third kappa shape index (κ3) is 0.895. The summed E-state index contributed by atoms with van der Waals surface area (Å²) < 4.78 is 0. The number of carbonyl (C=O) groups excluding carboxylic acids is 1. The van der Waals surface area contributed by atoms with Crippen LogP contribution < -0.4 is 0 Å². The standard InChI is InChI=1S/C7H8N2O3/c10-7-3-6-5(4-9(11)12)1-2-8(6)7/h1-2,5-6H,3-4H2/t5?,6-/m0/s1. The first-order valence-corrected chi connectivity index (χ1v) is 3.80. The number of fused-ring (bicyclic) bond motifs is 1. The van der Waals surface area contributed by atoms with E-state index in [4.69, 9.17) is 0 Å². The number of nitrogens with zero attached hydrogens (tertiary/aromatic N) is 2. The molecule has 1 unspecified atom stereocenters. The fourth-order valence-corrected chi connectivity index (χ4v) is 1.69. The molecule has 2 aliphatic heterocycles. The van der Waals surface area contributed by atoms with Crippen LogP contribution in [0.4, 0.5) is 0 Å². The molecule has 2 heterocycles. The summed E-state index contributed by atoms with van der Waals surface area (Å²) >= 11 is 0. The quantitative estimate of drug-likeness (QED) is 0.331. The number of carbonyl (C=O) groups is 1. The summed E-state index contributed by atoms with van der Waals surface area (Å²) in [6.45, 7) is -0.0645. The van der Waals surface area contributed by atoms with Crippen molar-refractivity contribution in [2.24, 2.45) is 5.92 Å². The highest BCUT2D eigenvalue weighted by Crippen LogP contribution is 2.32. The molecule has 0 aromatic carbocycles. The molecule has 0 N–H and O–H groups in total. The van der Waals surface area contributed by atoms with Crippen molar-refractivity contribution in [3.05, 3.63) is 22.4 Å². The topological polar surface area (TPSA) is 63.4 Å². The second-order valence-electron chi connectivity index (χ2n) is 3.09. The normalized spacial score (nSPS) is 31.7. The first-order chi connectivity index (χ1) is 5.68. The summed E-state index contributed by atoms with van der Waals surface area (Å²) in [5.74, 6) is -0.000187. The zero-order chi connectivity index (χ0) is 8.72. The van der Waals surface area contributed by atoms with Gasteiger partial charge < -0.3 is 4.90 Å². The summed E-state index contributed by atoms with van der Waals surface area (Å²) in [6.07, 6.45) is 3.87. The highest BCUT2D eigenvalue weighted by Gasteiger charge is 2.44. The van der Waals surface area contributed by atoms with Crippen LogP contribution in [0.25, 0.3) is 0 Å². The zero-order valence-corrected chi connectivity index (χ0v) is 6.34. The molecule has 5 nitrogen and oxygen atoms in total. The van der Waals surface area contributed by atoms with Crippen LogP contribution in [0.3, 0.4) is 0 Å². The van der Waals surface area contributed by atoms with Gasteiger partial charge in [0, 0.05) is 17.5 Å². The maximum Gasteiger partial charge on any atom is 0.228 e. The van der Waals surface area contributed by atoms with E-state index in [-0.39, 0.29) is 29.3 Å². The molecule has 0 aromatic heterocycles. The maximum atomic E-state index is 10.8. The van der Waals surface area contributed by atoms with Gasteiger partial charge in [0.25, 0.3) is 0 Å². The van der Waals surface area contributed by atoms with E-state index in [1.54, 1.807) is 17.2 Å². The monoisotopic (exact) mass is 168 g/mol. The molecule has 0 radical (unpaired) electrons. The fourth-order valence-electron chi connectivity index (χ4n) is 1.69. The third-order valence-electron chi connectivity index (χ3n) is 2.38. The van der Waals surface area contributed by atoms with Crippen LogP contribution in [-0.4, -0.2) is 28.3 Å². The molecule has 2 rings (SSSR count). The van der Waals surface area contributed by atoms with Gasteiger partial charge in [-0.15, -0.1) is 0 Å². The number of β-lactam (4-membered cyclic amide) rings is 1. The van der Waals surface area contributed by atoms with Gasteiger partial charge in [0.05, 0.1) is 12.0 Å². The minimum atomic E-state index is -0.332. The minimum absolute atomic E-state index is 0.0645. The molecule has 1 fully saturated rings. The van der Waals surface area contributed by atoms with E-state index in [9.17, 15) is 14.9 Å². The van der Waals surface area contributed by atoms with Gasteiger partial charge in [-0.05, 0) is 0 Å². The van der Waals surface area contributed by atoms with Crippen LogP contribution >= 0.6 is 0 Å². The molecule has 0 bridgehead atoms. The molecule has 1 amide bonds. The largest absolute Gasteiger partial charge is 0.315 e. The lowest BCUT2D eigenvalue weighted by molar-refractivity contribution is -0.486. The van der Waals surface area contributed by atoms with Crippen molar-refractivity contribution in [1.82, 2.24) is 4.90 Å². The Hall–Kier alpha value is -1.39. The van der Waals surface area contributed by atoms with Crippen molar-refractivity contribution in [2.75, 3.05) is 6.54 Å². The van der Waals surface area contributed by atoms with Crippen LogP contribution in [0, 0.1) is 16.0 Å². The molecule has 0 aliphatic carbocycles. The number of hydrogen-bond donors (Lipinski definition) is 0. The Bertz CT molecular complexity index is 274. The van der Waals surface area contributed by atoms with E-state index in [0.29, 0.717) is 6.42 Å². The molecule has 0 saturated carbocycles. The minimum Gasteiger partial charge on any atom is -0.315 e. The summed E-state index contributed by atoms with van der Waals surface area (Å²) in [5, 5.41) is 10.2. The van der Waals surface area contributed by atoms with Crippen LogP contribution in [0.2, 0.25) is 0 Å². The van der Waals surface area contributed by atoms with Crippen molar-refractivity contribution >= 4 is 5.91 Å². The van der Waals surface area contributed by atoms with E-state index in [0.717, 1.165) is 0 Å². The van der Waals surface area contributed by atoms with E-state index >= 15 is 0 Å². The number of amides is 1. The second kappa shape index (κ2) is 2.30. The highest BCUT2D eigenvalue weighted by atomic mass is 16.6. The number of rotatable bonds is 2. The summed E-state index contributed by atoms with van der Waals surface area (Å²) in [6, 6.07) is 0.0721. The average molecular weight is 168 g/mol. The number of hydrogen-bond acceptors (Lipinski definition) is 3. The Kier molecular flexibility index (Phi) is 1.39. The SMILES string of the molecule is O=C1C[C@H]2C(C[N+](=O)[O-])C=CN12. The Morgan fingerprint density at radius 1 is 1.75 bits per heavy atom. The predicted octanol–water partition coefficient (Wildman–Crippen LogP) is 0.00750. The summed E-state index contributed by atoms with van der Waals surface area (Å²) in [7, 11) is 0. The number of nitro groups is 1. The molecule has 1 saturated heterocycles. The molecule has 2 atom stereocenters. The summed E-state index contributed by atoms with van der Waals surface area (Å²) in [5.41, 5.74) is 0. The second-order valence-corrected chi connectivity index (χ2v) is 3.09. The van der Waals surface area contributed by atoms with Crippen molar-refractivity contribution in [1.29, 1.82) is 0 Å². The molecule has 64 valence electrons. The van der Waals surface area contributed by atoms with Crippen molar-refractivity contribution in [2.45, 2.75) is 12.5 Å². The van der Waals surface area contributed by atoms with Crippen LogP contribution in [0.5, 0.6) is 0 Å². The molecule has 2 aliphatic rings. The zero-order valence-electron chi connectivity index (χ0n) is 6.34. The van der Waals surface area contributed by atoms with Crippen LogP contribution in [0.15, 0.2) is 12.3 Å². The van der Waals surface area contributed by atoms with Gasteiger partial charge in [-0.2, -0.15) is 0 Å². The van der Waals surface area contributed by atoms with Crippen molar-refractivity contribution in [3.8, 4) is 0 Å². The maximum absolute atomic E-state index is 10.8. The first kappa shape index (κ1) is 7.27. The van der Waals surface area contributed by atoms with Gasteiger partial charge in [-0.25, -0.2) is 0 Å². The Labute approximate surface area is 68.8 Å². The van der Waals surface area contributed by atoms with Gasteiger partial charge in [-0.3, -0.25) is 14.9 Å². The van der Waals surface area contributed by atoms with E-state index in [1.165, 1.54) is 0 Å². The lowest BCUT2D eigenvalue weighted by atomic mass is 9.93. The lowest BCUT2D eigenvalue weighted by Gasteiger charge is -2.35. The fraction of sp³-hybridized carbons (Fsp3) is 0.571. The van der Waals surface area contributed by atoms with Crippen molar-refractivity contribution in [3.63, 3.8) is 0 Å². The Morgan fingerprint density at radius 2 is 2.50 bits per heavy atom.